The second kappa shape index (κ2) is 6.70. The first-order valence-corrected chi connectivity index (χ1v) is 5.96. The van der Waals surface area contributed by atoms with Crippen molar-refractivity contribution in [2.45, 2.75) is 58.4 Å². The van der Waals surface area contributed by atoms with Crippen molar-refractivity contribution in [2.24, 2.45) is 0 Å². The highest BCUT2D eigenvalue weighted by Gasteiger charge is 2.31. The van der Waals surface area contributed by atoms with Crippen LogP contribution in [-0.4, -0.2) is 47.8 Å². The summed E-state index contributed by atoms with van der Waals surface area (Å²) < 4.78 is 5.56. The van der Waals surface area contributed by atoms with E-state index in [0.717, 1.165) is 0 Å². The standard InChI is InChI=1S/C12H24N2O4/c1-7(13-6)10(15)14-9(11(16)17)8(2)18-12(3,4)5/h7-9,13H,1-6H3,(H,14,15)(H,16,17)/t7?,8-,9+/m1/s1. The lowest BCUT2D eigenvalue weighted by Gasteiger charge is -2.29. The third kappa shape index (κ3) is 5.97. The van der Waals surface area contributed by atoms with Gasteiger partial charge < -0.3 is 20.5 Å². The van der Waals surface area contributed by atoms with Crippen molar-refractivity contribution in [1.29, 1.82) is 0 Å². The first-order chi connectivity index (χ1) is 8.08. The maximum absolute atomic E-state index is 11.7. The molecule has 106 valence electrons. The van der Waals surface area contributed by atoms with E-state index in [1.807, 2.05) is 20.8 Å². The summed E-state index contributed by atoms with van der Waals surface area (Å²) in [5.74, 6) is -1.47. The molecule has 6 nitrogen and oxygen atoms in total. The molecule has 0 aromatic rings. The average Bonchev–Trinajstić information content (AvgIpc) is 2.21. The van der Waals surface area contributed by atoms with E-state index in [-0.39, 0.29) is 5.91 Å². The summed E-state index contributed by atoms with van der Waals surface area (Å²) in [6.45, 7) is 8.79. The molecule has 0 saturated heterocycles. The van der Waals surface area contributed by atoms with Crippen molar-refractivity contribution in [2.75, 3.05) is 7.05 Å². The fourth-order valence-corrected chi connectivity index (χ4v) is 1.41. The van der Waals surface area contributed by atoms with E-state index in [9.17, 15) is 9.59 Å². The fraction of sp³-hybridized carbons (Fsp3) is 0.833. The van der Waals surface area contributed by atoms with Crippen LogP contribution < -0.4 is 10.6 Å². The number of hydrogen-bond donors (Lipinski definition) is 3. The molecule has 0 aliphatic rings. The summed E-state index contributed by atoms with van der Waals surface area (Å²) in [5, 5.41) is 14.3. The Morgan fingerprint density at radius 2 is 1.72 bits per heavy atom. The van der Waals surface area contributed by atoms with E-state index >= 15 is 0 Å². The smallest absolute Gasteiger partial charge is 0.328 e. The molecule has 0 heterocycles. The van der Waals surface area contributed by atoms with Crippen LogP contribution in [-0.2, 0) is 14.3 Å². The molecule has 0 aromatic carbocycles. The van der Waals surface area contributed by atoms with Gasteiger partial charge in [0.1, 0.15) is 0 Å². The van der Waals surface area contributed by atoms with Gasteiger partial charge in [0.2, 0.25) is 5.91 Å². The van der Waals surface area contributed by atoms with Crippen LogP contribution in [0.25, 0.3) is 0 Å². The van der Waals surface area contributed by atoms with Gasteiger partial charge in [-0.2, -0.15) is 0 Å². The number of carboxylic acid groups (broad SMARTS) is 1. The molecular weight excluding hydrogens is 236 g/mol. The Kier molecular flexibility index (Phi) is 6.28. The zero-order valence-corrected chi connectivity index (χ0v) is 11.9. The van der Waals surface area contributed by atoms with Crippen LogP contribution in [0.2, 0.25) is 0 Å². The highest BCUT2D eigenvalue weighted by Crippen LogP contribution is 2.13. The highest BCUT2D eigenvalue weighted by atomic mass is 16.5. The minimum absolute atomic E-state index is 0.366. The molecule has 0 aliphatic carbocycles. The molecule has 3 N–H and O–H groups in total. The Balaban J connectivity index is 4.67. The largest absolute Gasteiger partial charge is 0.480 e. The lowest BCUT2D eigenvalue weighted by molar-refractivity contribution is -0.150. The SMILES string of the molecule is CNC(C)C(=O)N[C@H](C(=O)O)[C@@H](C)OC(C)(C)C. The monoisotopic (exact) mass is 260 g/mol. The molecule has 1 unspecified atom stereocenters. The molecule has 1 amide bonds. The summed E-state index contributed by atoms with van der Waals surface area (Å²) in [6, 6.07) is -1.51. The van der Waals surface area contributed by atoms with E-state index in [0.29, 0.717) is 0 Å². The average molecular weight is 260 g/mol. The number of ether oxygens (including phenoxy) is 1. The molecule has 0 rings (SSSR count). The number of carbonyl (C=O) groups is 2. The van der Waals surface area contributed by atoms with Crippen LogP contribution >= 0.6 is 0 Å². The van der Waals surface area contributed by atoms with Crippen molar-refractivity contribution >= 4 is 11.9 Å². The molecule has 0 aliphatic heterocycles. The van der Waals surface area contributed by atoms with Crippen LogP contribution in [0, 0.1) is 0 Å². The predicted octanol–water partition coefficient (Wildman–Crippen LogP) is 0.367. The van der Waals surface area contributed by atoms with Crippen molar-refractivity contribution in [1.82, 2.24) is 10.6 Å². The number of carboxylic acids is 1. The van der Waals surface area contributed by atoms with Crippen molar-refractivity contribution in [3.63, 3.8) is 0 Å². The number of amides is 1. The van der Waals surface area contributed by atoms with Gasteiger partial charge in [-0.1, -0.05) is 0 Å². The van der Waals surface area contributed by atoms with Crippen LogP contribution in [0.4, 0.5) is 0 Å². The molecule has 0 radical (unpaired) electrons. The summed E-state index contributed by atoms with van der Waals surface area (Å²) in [5.41, 5.74) is -0.466. The topological polar surface area (TPSA) is 87.7 Å². The lowest BCUT2D eigenvalue weighted by Crippen LogP contribution is -2.54. The first kappa shape index (κ1) is 16.9. The number of rotatable bonds is 6. The number of hydrogen-bond acceptors (Lipinski definition) is 4. The van der Waals surface area contributed by atoms with Crippen molar-refractivity contribution < 1.29 is 19.4 Å². The number of carbonyl (C=O) groups excluding carboxylic acids is 1. The Hall–Kier alpha value is -1.14. The van der Waals surface area contributed by atoms with Crippen LogP contribution in [0.15, 0.2) is 0 Å². The molecule has 0 aromatic heterocycles. The van der Waals surface area contributed by atoms with Gasteiger partial charge in [0.15, 0.2) is 6.04 Å². The second-order valence-electron chi connectivity index (χ2n) is 5.27. The normalized spacial score (nSPS) is 16.8. The third-order valence-electron chi connectivity index (χ3n) is 2.40. The molecular formula is C12H24N2O4. The molecule has 0 saturated carbocycles. The molecule has 0 spiro atoms. The molecule has 3 atom stereocenters. The van der Waals surface area contributed by atoms with Crippen LogP contribution in [0.3, 0.4) is 0 Å². The van der Waals surface area contributed by atoms with Crippen molar-refractivity contribution in [3.8, 4) is 0 Å². The van der Waals surface area contributed by atoms with E-state index in [1.165, 1.54) is 0 Å². The molecule has 0 bridgehead atoms. The van der Waals surface area contributed by atoms with Gasteiger partial charge >= 0.3 is 5.97 Å². The van der Waals surface area contributed by atoms with Crippen LogP contribution in [0.5, 0.6) is 0 Å². The Labute approximate surface area is 108 Å². The maximum atomic E-state index is 11.7. The number of nitrogens with one attached hydrogen (secondary N) is 2. The van der Waals surface area contributed by atoms with Gasteiger partial charge in [-0.25, -0.2) is 4.79 Å². The van der Waals surface area contributed by atoms with Gasteiger partial charge in [0.05, 0.1) is 17.7 Å². The Morgan fingerprint density at radius 3 is 2.06 bits per heavy atom. The van der Waals surface area contributed by atoms with Gasteiger partial charge in [-0.05, 0) is 41.7 Å². The number of aliphatic carboxylic acids is 1. The van der Waals surface area contributed by atoms with Gasteiger partial charge in [-0.15, -0.1) is 0 Å². The van der Waals surface area contributed by atoms with Crippen LogP contribution in [0.1, 0.15) is 34.6 Å². The minimum Gasteiger partial charge on any atom is -0.480 e. The van der Waals surface area contributed by atoms with Crippen molar-refractivity contribution in [3.05, 3.63) is 0 Å². The summed E-state index contributed by atoms with van der Waals surface area (Å²) in [7, 11) is 1.63. The minimum atomic E-state index is -1.11. The number of likely N-dealkylation sites (N-methyl/N-ethyl adjacent to an activating group) is 1. The van der Waals surface area contributed by atoms with Gasteiger partial charge in [0, 0.05) is 0 Å². The quantitative estimate of drug-likeness (QED) is 0.642. The molecule has 6 heteroatoms. The van der Waals surface area contributed by atoms with Gasteiger partial charge in [0.25, 0.3) is 0 Å². The zero-order valence-electron chi connectivity index (χ0n) is 11.9. The van der Waals surface area contributed by atoms with E-state index in [4.69, 9.17) is 9.84 Å². The van der Waals surface area contributed by atoms with E-state index in [1.54, 1.807) is 20.9 Å². The molecule has 18 heavy (non-hydrogen) atoms. The Bertz CT molecular complexity index is 299. The predicted molar refractivity (Wildman–Crippen MR) is 68.4 cm³/mol. The summed E-state index contributed by atoms with van der Waals surface area (Å²) in [6.07, 6.45) is -0.615. The highest BCUT2D eigenvalue weighted by molar-refractivity contribution is 5.86. The Morgan fingerprint density at radius 1 is 1.22 bits per heavy atom. The van der Waals surface area contributed by atoms with Gasteiger partial charge in [-0.3, -0.25) is 4.79 Å². The first-order valence-electron chi connectivity index (χ1n) is 5.96. The summed E-state index contributed by atoms with van der Waals surface area (Å²) in [4.78, 5) is 22.8. The fourth-order valence-electron chi connectivity index (χ4n) is 1.41. The maximum Gasteiger partial charge on any atom is 0.328 e. The third-order valence-corrected chi connectivity index (χ3v) is 2.40. The second-order valence-corrected chi connectivity index (χ2v) is 5.27. The van der Waals surface area contributed by atoms with E-state index in [2.05, 4.69) is 10.6 Å². The zero-order chi connectivity index (χ0) is 14.5. The lowest BCUT2D eigenvalue weighted by atomic mass is 10.1. The van der Waals surface area contributed by atoms with E-state index < -0.39 is 29.8 Å². The molecule has 0 fully saturated rings. The summed E-state index contributed by atoms with van der Waals surface area (Å²) >= 11 is 0.